The Morgan fingerprint density at radius 1 is 1.08 bits per heavy atom. The molecule has 1 aliphatic heterocycles. The number of fused-ring (bicyclic) bond motifs is 1. The van der Waals surface area contributed by atoms with Crippen LogP contribution in [0, 0.1) is 0 Å². The van der Waals surface area contributed by atoms with Crippen LogP contribution in [0.25, 0.3) is 0 Å². The van der Waals surface area contributed by atoms with Crippen molar-refractivity contribution in [3.63, 3.8) is 0 Å². The topological polar surface area (TPSA) is 67.9 Å². The molecule has 1 amide bonds. The molecule has 25 heavy (non-hydrogen) atoms. The Kier molecular flexibility index (Phi) is 5.00. The summed E-state index contributed by atoms with van der Waals surface area (Å²) in [5.74, 6) is 1.37. The molecule has 0 saturated carbocycles. The first-order valence-corrected chi connectivity index (χ1v) is 7.99. The van der Waals surface area contributed by atoms with Gasteiger partial charge in [0.15, 0.2) is 17.3 Å². The van der Waals surface area contributed by atoms with Crippen molar-refractivity contribution in [2.24, 2.45) is 0 Å². The maximum Gasteiger partial charge on any atom is 0.238 e. The summed E-state index contributed by atoms with van der Waals surface area (Å²) in [6.45, 7) is 2.63. The van der Waals surface area contributed by atoms with Crippen molar-refractivity contribution in [3.8, 4) is 11.5 Å². The summed E-state index contributed by atoms with van der Waals surface area (Å²) in [6.07, 6.45) is 0. The number of nitrogens with zero attached hydrogens (tertiary/aromatic N) is 1. The van der Waals surface area contributed by atoms with E-state index in [1.54, 1.807) is 24.3 Å². The summed E-state index contributed by atoms with van der Waals surface area (Å²) in [7, 11) is 1.88. The van der Waals surface area contributed by atoms with Crippen LogP contribution in [0.4, 0.5) is 5.69 Å². The normalized spacial score (nSPS) is 12.3. The average molecular weight is 340 g/mol. The molecule has 0 radical (unpaired) electrons. The van der Waals surface area contributed by atoms with Gasteiger partial charge in [-0.2, -0.15) is 0 Å². The molecule has 0 aliphatic carbocycles. The van der Waals surface area contributed by atoms with E-state index < -0.39 is 0 Å². The van der Waals surface area contributed by atoms with Gasteiger partial charge in [0.05, 0.1) is 6.54 Å². The lowest BCUT2D eigenvalue weighted by Crippen LogP contribution is -2.29. The third-order valence-electron chi connectivity index (χ3n) is 3.88. The lowest BCUT2D eigenvalue weighted by molar-refractivity contribution is -0.117. The molecule has 1 N–H and O–H groups in total. The van der Waals surface area contributed by atoms with Crippen LogP contribution >= 0.6 is 0 Å². The van der Waals surface area contributed by atoms with Crippen LogP contribution in [0.5, 0.6) is 11.5 Å². The predicted octanol–water partition coefficient (Wildman–Crippen LogP) is 2.69. The van der Waals surface area contributed by atoms with Gasteiger partial charge in [0, 0.05) is 17.8 Å². The molecule has 3 rings (SSSR count). The van der Waals surface area contributed by atoms with Crippen molar-refractivity contribution in [3.05, 3.63) is 53.6 Å². The maximum atomic E-state index is 12.2. The number of Topliss-reactive ketones (excluding diaryl/α,β-unsaturated/α-hetero) is 1. The van der Waals surface area contributed by atoms with Gasteiger partial charge >= 0.3 is 0 Å². The molecular formula is C19H20N2O4. The SMILES string of the molecule is CC(=O)c1ccc(NC(=O)CN(C)Cc2ccc3c(c2)OCO3)cc1. The van der Waals surface area contributed by atoms with Gasteiger partial charge in [0.25, 0.3) is 0 Å². The van der Waals surface area contributed by atoms with E-state index in [4.69, 9.17) is 9.47 Å². The number of carbonyl (C=O) groups is 2. The first-order chi connectivity index (χ1) is 12.0. The number of carbonyl (C=O) groups excluding carboxylic acids is 2. The number of rotatable bonds is 6. The second-order valence-corrected chi connectivity index (χ2v) is 6.04. The van der Waals surface area contributed by atoms with Gasteiger partial charge in [-0.05, 0) is 55.9 Å². The first-order valence-electron chi connectivity index (χ1n) is 7.99. The highest BCUT2D eigenvalue weighted by Crippen LogP contribution is 2.32. The molecule has 2 aromatic carbocycles. The first kappa shape index (κ1) is 17.0. The Bertz CT molecular complexity index is 787. The molecule has 0 atom stereocenters. The number of ketones is 1. The molecule has 6 heteroatoms. The number of hydrogen-bond acceptors (Lipinski definition) is 5. The van der Waals surface area contributed by atoms with E-state index >= 15 is 0 Å². The lowest BCUT2D eigenvalue weighted by Gasteiger charge is -2.16. The maximum absolute atomic E-state index is 12.2. The van der Waals surface area contributed by atoms with Crippen molar-refractivity contribution in [1.29, 1.82) is 0 Å². The van der Waals surface area contributed by atoms with E-state index in [9.17, 15) is 9.59 Å². The third-order valence-corrected chi connectivity index (χ3v) is 3.88. The Balaban J connectivity index is 1.52. The van der Waals surface area contributed by atoms with Gasteiger partial charge in [-0.15, -0.1) is 0 Å². The third kappa shape index (κ3) is 4.36. The number of ether oxygens (including phenoxy) is 2. The second kappa shape index (κ2) is 7.36. The van der Waals surface area contributed by atoms with E-state index in [2.05, 4.69) is 5.32 Å². The number of anilines is 1. The Labute approximate surface area is 146 Å². The minimum Gasteiger partial charge on any atom is -0.454 e. The van der Waals surface area contributed by atoms with Crippen LogP contribution in [0.2, 0.25) is 0 Å². The van der Waals surface area contributed by atoms with Gasteiger partial charge < -0.3 is 14.8 Å². The van der Waals surface area contributed by atoms with Gasteiger partial charge in [0.1, 0.15) is 0 Å². The molecule has 0 aromatic heterocycles. The summed E-state index contributed by atoms with van der Waals surface area (Å²) < 4.78 is 10.7. The van der Waals surface area contributed by atoms with E-state index in [0.717, 1.165) is 17.1 Å². The Morgan fingerprint density at radius 2 is 1.80 bits per heavy atom. The quantitative estimate of drug-likeness (QED) is 0.819. The molecule has 0 spiro atoms. The van der Waals surface area contributed by atoms with Crippen molar-refractivity contribution in [1.82, 2.24) is 4.90 Å². The summed E-state index contributed by atoms with van der Waals surface area (Å²) >= 11 is 0. The largest absolute Gasteiger partial charge is 0.454 e. The fourth-order valence-corrected chi connectivity index (χ4v) is 2.64. The molecule has 1 aliphatic rings. The van der Waals surface area contributed by atoms with Crippen LogP contribution in [-0.4, -0.2) is 37.0 Å². The minimum atomic E-state index is -0.112. The van der Waals surface area contributed by atoms with Crippen LogP contribution < -0.4 is 14.8 Å². The fourth-order valence-electron chi connectivity index (χ4n) is 2.64. The zero-order chi connectivity index (χ0) is 17.8. The van der Waals surface area contributed by atoms with Gasteiger partial charge in [0.2, 0.25) is 12.7 Å². The molecule has 0 bridgehead atoms. The second-order valence-electron chi connectivity index (χ2n) is 6.04. The molecule has 2 aromatic rings. The van der Waals surface area contributed by atoms with Crippen LogP contribution in [0.1, 0.15) is 22.8 Å². The van der Waals surface area contributed by atoms with E-state index in [1.807, 2.05) is 30.1 Å². The fraction of sp³-hybridized carbons (Fsp3) is 0.263. The number of amides is 1. The minimum absolute atomic E-state index is 0.00124. The van der Waals surface area contributed by atoms with E-state index in [-0.39, 0.29) is 25.0 Å². The molecule has 130 valence electrons. The highest BCUT2D eigenvalue weighted by molar-refractivity contribution is 5.96. The van der Waals surface area contributed by atoms with Gasteiger partial charge in [-0.25, -0.2) is 0 Å². The highest BCUT2D eigenvalue weighted by Gasteiger charge is 2.14. The zero-order valence-electron chi connectivity index (χ0n) is 14.2. The van der Waals surface area contributed by atoms with Crippen molar-refractivity contribution >= 4 is 17.4 Å². The van der Waals surface area contributed by atoms with Gasteiger partial charge in [-0.3, -0.25) is 14.5 Å². The number of benzene rings is 2. The molecule has 1 heterocycles. The molecule has 6 nitrogen and oxygen atoms in total. The zero-order valence-corrected chi connectivity index (χ0v) is 14.2. The summed E-state index contributed by atoms with van der Waals surface area (Å²) in [5.41, 5.74) is 2.34. The number of likely N-dealkylation sites (N-methyl/N-ethyl adjacent to an activating group) is 1. The number of hydrogen-bond donors (Lipinski definition) is 1. The summed E-state index contributed by atoms with van der Waals surface area (Å²) in [5, 5.41) is 2.83. The summed E-state index contributed by atoms with van der Waals surface area (Å²) in [4.78, 5) is 25.3. The van der Waals surface area contributed by atoms with Crippen LogP contribution in [-0.2, 0) is 11.3 Å². The Hall–Kier alpha value is -2.86. The Morgan fingerprint density at radius 3 is 2.52 bits per heavy atom. The van der Waals surface area contributed by atoms with E-state index in [1.165, 1.54) is 6.92 Å². The van der Waals surface area contributed by atoms with E-state index in [0.29, 0.717) is 17.8 Å². The molecule has 0 saturated heterocycles. The van der Waals surface area contributed by atoms with Gasteiger partial charge in [-0.1, -0.05) is 6.07 Å². The average Bonchev–Trinajstić information content (AvgIpc) is 3.02. The predicted molar refractivity (Wildman–Crippen MR) is 94.0 cm³/mol. The summed E-state index contributed by atoms with van der Waals surface area (Å²) in [6, 6.07) is 12.6. The monoisotopic (exact) mass is 340 g/mol. The molecular weight excluding hydrogens is 320 g/mol. The standard InChI is InChI=1S/C19H20N2O4/c1-13(22)15-4-6-16(7-5-15)20-19(23)11-21(2)10-14-3-8-17-18(9-14)25-12-24-17/h3-9H,10-12H2,1-2H3,(H,20,23). The highest BCUT2D eigenvalue weighted by atomic mass is 16.7. The lowest BCUT2D eigenvalue weighted by atomic mass is 10.1. The van der Waals surface area contributed by atoms with Crippen LogP contribution in [0.15, 0.2) is 42.5 Å². The van der Waals surface area contributed by atoms with Crippen molar-refractivity contribution < 1.29 is 19.1 Å². The number of nitrogens with one attached hydrogen (secondary N) is 1. The van der Waals surface area contributed by atoms with Crippen molar-refractivity contribution in [2.75, 3.05) is 25.7 Å². The molecule has 0 fully saturated rings. The van der Waals surface area contributed by atoms with Crippen molar-refractivity contribution in [2.45, 2.75) is 13.5 Å². The van der Waals surface area contributed by atoms with Crippen LogP contribution in [0.3, 0.4) is 0 Å². The smallest absolute Gasteiger partial charge is 0.238 e. The molecule has 0 unspecified atom stereocenters.